The van der Waals surface area contributed by atoms with Crippen molar-refractivity contribution in [3.8, 4) is 0 Å². The maximum atomic E-state index is 11.0. The largest absolute Gasteiger partial charge is 0.349 e. The van der Waals surface area contributed by atoms with Crippen LogP contribution < -0.4 is 5.32 Å². The van der Waals surface area contributed by atoms with Crippen LogP contribution in [-0.2, 0) is 9.59 Å². The molecule has 0 heterocycles. The van der Waals surface area contributed by atoms with Crippen LogP contribution in [0.3, 0.4) is 0 Å². The van der Waals surface area contributed by atoms with Crippen LogP contribution in [0.25, 0.3) is 0 Å². The van der Waals surface area contributed by atoms with Gasteiger partial charge in [-0.05, 0) is 6.42 Å². The van der Waals surface area contributed by atoms with E-state index < -0.39 is 0 Å². The Hall–Kier alpha value is -0.860. The molecule has 0 bridgehead atoms. The van der Waals surface area contributed by atoms with Crippen LogP contribution in [0.15, 0.2) is 0 Å². The zero-order valence-corrected chi connectivity index (χ0v) is 7.85. The molecular weight excluding hydrogens is 154 g/mol. The molecule has 3 nitrogen and oxygen atoms in total. The molecule has 0 aliphatic heterocycles. The van der Waals surface area contributed by atoms with Crippen LogP contribution in [0.4, 0.5) is 0 Å². The van der Waals surface area contributed by atoms with E-state index in [4.69, 9.17) is 0 Å². The molecule has 0 rings (SSSR count). The number of hydrogen-bond donors (Lipinski definition) is 1. The first-order valence-corrected chi connectivity index (χ1v) is 4.49. The van der Waals surface area contributed by atoms with Gasteiger partial charge in [-0.3, -0.25) is 9.59 Å². The van der Waals surface area contributed by atoms with E-state index in [1.807, 2.05) is 6.92 Å². The van der Waals surface area contributed by atoms with Crippen molar-refractivity contribution in [3.05, 3.63) is 0 Å². The van der Waals surface area contributed by atoms with Gasteiger partial charge >= 0.3 is 0 Å². The highest BCUT2D eigenvalue weighted by Gasteiger charge is 2.02. The molecule has 0 saturated carbocycles. The van der Waals surface area contributed by atoms with Crippen molar-refractivity contribution >= 4 is 11.7 Å². The fraction of sp³-hybridized carbons (Fsp3) is 0.778. The number of carbonyl (C=O) groups excluding carboxylic acids is 2. The summed E-state index contributed by atoms with van der Waals surface area (Å²) < 4.78 is 0. The molecule has 0 saturated heterocycles. The van der Waals surface area contributed by atoms with E-state index >= 15 is 0 Å². The maximum absolute atomic E-state index is 11.0. The van der Waals surface area contributed by atoms with Crippen LogP contribution >= 0.6 is 0 Å². The molecule has 3 heteroatoms. The SMILES string of the molecule is CCCCC(=O)NCC(=O)CC. The van der Waals surface area contributed by atoms with Gasteiger partial charge in [0, 0.05) is 12.8 Å². The second kappa shape index (κ2) is 6.83. The van der Waals surface area contributed by atoms with Crippen LogP contribution in [0, 0.1) is 0 Å². The van der Waals surface area contributed by atoms with Gasteiger partial charge in [0.05, 0.1) is 6.54 Å². The van der Waals surface area contributed by atoms with Crippen molar-refractivity contribution in [2.24, 2.45) is 0 Å². The van der Waals surface area contributed by atoms with Crippen LogP contribution in [0.5, 0.6) is 0 Å². The molecule has 0 aliphatic rings. The number of unbranched alkanes of at least 4 members (excludes halogenated alkanes) is 1. The average Bonchev–Trinajstić information content (AvgIpc) is 2.10. The summed E-state index contributed by atoms with van der Waals surface area (Å²) in [5.74, 6) is 0.0681. The van der Waals surface area contributed by atoms with Gasteiger partial charge in [-0.2, -0.15) is 0 Å². The Bertz CT molecular complexity index is 155. The molecule has 0 aromatic rings. The van der Waals surface area contributed by atoms with Crippen LogP contribution in [0.2, 0.25) is 0 Å². The number of carbonyl (C=O) groups is 2. The summed E-state index contributed by atoms with van der Waals surface area (Å²) in [5.41, 5.74) is 0. The van der Waals surface area contributed by atoms with Gasteiger partial charge in [0.25, 0.3) is 0 Å². The van der Waals surface area contributed by atoms with E-state index in [9.17, 15) is 9.59 Å². The Morgan fingerprint density at radius 2 is 1.92 bits per heavy atom. The summed E-state index contributed by atoms with van der Waals surface area (Å²) in [4.78, 5) is 21.7. The first-order valence-electron chi connectivity index (χ1n) is 4.49. The normalized spacial score (nSPS) is 9.50. The Labute approximate surface area is 73.5 Å². The molecule has 0 radical (unpaired) electrons. The number of rotatable bonds is 6. The van der Waals surface area contributed by atoms with Crippen LogP contribution in [-0.4, -0.2) is 18.2 Å². The van der Waals surface area contributed by atoms with E-state index in [0.717, 1.165) is 12.8 Å². The molecule has 0 fully saturated rings. The topological polar surface area (TPSA) is 46.2 Å². The third kappa shape index (κ3) is 5.89. The van der Waals surface area contributed by atoms with Gasteiger partial charge < -0.3 is 5.32 Å². The van der Waals surface area contributed by atoms with E-state index in [1.54, 1.807) is 6.92 Å². The van der Waals surface area contributed by atoms with Gasteiger partial charge in [0.1, 0.15) is 0 Å². The van der Waals surface area contributed by atoms with Gasteiger partial charge in [0.15, 0.2) is 5.78 Å². The molecule has 0 aromatic heterocycles. The van der Waals surface area contributed by atoms with Crippen LogP contribution in [0.1, 0.15) is 39.5 Å². The zero-order chi connectivity index (χ0) is 9.40. The lowest BCUT2D eigenvalue weighted by Crippen LogP contribution is -2.28. The maximum Gasteiger partial charge on any atom is 0.220 e. The Kier molecular flexibility index (Phi) is 6.34. The third-order valence-electron chi connectivity index (χ3n) is 1.63. The molecule has 0 spiro atoms. The Morgan fingerprint density at radius 3 is 2.42 bits per heavy atom. The number of Topliss-reactive ketones (excluding diaryl/α,β-unsaturated/α-hetero) is 1. The minimum Gasteiger partial charge on any atom is -0.349 e. The van der Waals surface area contributed by atoms with Gasteiger partial charge in [-0.25, -0.2) is 0 Å². The lowest BCUT2D eigenvalue weighted by molar-refractivity contribution is -0.125. The number of amides is 1. The molecule has 1 amide bonds. The zero-order valence-electron chi connectivity index (χ0n) is 7.85. The molecular formula is C9H17NO2. The Morgan fingerprint density at radius 1 is 1.25 bits per heavy atom. The highest BCUT2D eigenvalue weighted by molar-refractivity contribution is 5.85. The fourth-order valence-electron chi connectivity index (χ4n) is 0.748. The van der Waals surface area contributed by atoms with Crippen molar-refractivity contribution < 1.29 is 9.59 Å². The van der Waals surface area contributed by atoms with Gasteiger partial charge in [-0.15, -0.1) is 0 Å². The summed E-state index contributed by atoms with van der Waals surface area (Å²) in [6.45, 7) is 4.02. The van der Waals surface area contributed by atoms with Gasteiger partial charge in [0.2, 0.25) is 5.91 Å². The minimum absolute atomic E-state index is 0.0151. The lowest BCUT2D eigenvalue weighted by atomic mass is 10.2. The molecule has 70 valence electrons. The smallest absolute Gasteiger partial charge is 0.220 e. The first-order chi connectivity index (χ1) is 5.70. The van der Waals surface area contributed by atoms with Crippen molar-refractivity contribution in [3.63, 3.8) is 0 Å². The number of ketones is 1. The predicted molar refractivity (Wildman–Crippen MR) is 47.8 cm³/mol. The molecule has 0 unspecified atom stereocenters. The van der Waals surface area contributed by atoms with Crippen molar-refractivity contribution in [1.82, 2.24) is 5.32 Å². The summed E-state index contributed by atoms with van der Waals surface area (Å²) in [6, 6.07) is 0. The molecule has 0 aromatic carbocycles. The summed E-state index contributed by atoms with van der Waals surface area (Å²) in [5, 5.41) is 2.58. The molecule has 0 aliphatic carbocycles. The second-order valence-electron chi connectivity index (χ2n) is 2.77. The first kappa shape index (κ1) is 11.1. The summed E-state index contributed by atoms with van der Waals surface area (Å²) in [7, 11) is 0. The fourth-order valence-corrected chi connectivity index (χ4v) is 0.748. The molecule has 1 N–H and O–H groups in total. The average molecular weight is 171 g/mol. The van der Waals surface area contributed by atoms with Crippen molar-refractivity contribution in [2.75, 3.05) is 6.54 Å². The molecule has 0 atom stereocenters. The minimum atomic E-state index is -0.0151. The lowest BCUT2D eigenvalue weighted by Gasteiger charge is -2.01. The quantitative estimate of drug-likeness (QED) is 0.654. The monoisotopic (exact) mass is 171 g/mol. The Balaban J connectivity index is 3.37. The molecule has 12 heavy (non-hydrogen) atoms. The van der Waals surface area contributed by atoms with Crippen molar-refractivity contribution in [1.29, 1.82) is 0 Å². The highest BCUT2D eigenvalue weighted by Crippen LogP contribution is 1.92. The predicted octanol–water partition coefficient (Wildman–Crippen LogP) is 1.27. The summed E-state index contributed by atoms with van der Waals surface area (Å²) in [6.07, 6.45) is 2.93. The van der Waals surface area contributed by atoms with Gasteiger partial charge in [-0.1, -0.05) is 20.3 Å². The van der Waals surface area contributed by atoms with Crippen molar-refractivity contribution in [2.45, 2.75) is 39.5 Å². The number of hydrogen-bond acceptors (Lipinski definition) is 2. The summed E-state index contributed by atoms with van der Waals surface area (Å²) >= 11 is 0. The van der Waals surface area contributed by atoms with E-state index in [-0.39, 0.29) is 18.2 Å². The van der Waals surface area contributed by atoms with E-state index in [2.05, 4.69) is 5.32 Å². The van der Waals surface area contributed by atoms with E-state index in [1.165, 1.54) is 0 Å². The standard InChI is InChI=1S/C9H17NO2/c1-3-5-6-9(12)10-7-8(11)4-2/h3-7H2,1-2H3,(H,10,12). The third-order valence-corrected chi connectivity index (χ3v) is 1.63. The second-order valence-corrected chi connectivity index (χ2v) is 2.77. The highest BCUT2D eigenvalue weighted by atomic mass is 16.2. The van der Waals surface area contributed by atoms with E-state index in [0.29, 0.717) is 12.8 Å². The number of nitrogens with one attached hydrogen (secondary N) is 1.